The third kappa shape index (κ3) is 5.43. The maximum atomic E-state index is 12.0. The van der Waals surface area contributed by atoms with E-state index in [1.807, 2.05) is 26.1 Å². The number of ether oxygens (including phenoxy) is 1. The molecule has 1 unspecified atom stereocenters. The van der Waals surface area contributed by atoms with Gasteiger partial charge in [0.1, 0.15) is 5.75 Å². The van der Waals surface area contributed by atoms with Crippen LogP contribution in [0.5, 0.6) is 5.75 Å². The van der Waals surface area contributed by atoms with E-state index in [4.69, 9.17) is 4.74 Å². The number of rotatable bonds is 7. The Morgan fingerprint density at radius 1 is 1.38 bits per heavy atom. The minimum absolute atomic E-state index is 0.0517. The van der Waals surface area contributed by atoms with E-state index in [2.05, 4.69) is 10.6 Å². The van der Waals surface area contributed by atoms with Gasteiger partial charge in [0.25, 0.3) is 11.8 Å². The second-order valence-corrected chi connectivity index (χ2v) is 4.92. The number of hydrogen-bond acceptors (Lipinski definition) is 3. The zero-order chi connectivity index (χ0) is 15.8. The number of amides is 2. The Morgan fingerprint density at radius 2 is 2.10 bits per heavy atom. The molecular formula is C15H24N3O3+. The zero-order valence-electron chi connectivity index (χ0n) is 13.0. The Bertz CT molecular complexity index is 491. The summed E-state index contributed by atoms with van der Waals surface area (Å²) >= 11 is 0. The van der Waals surface area contributed by atoms with Gasteiger partial charge in [0.15, 0.2) is 12.6 Å². The van der Waals surface area contributed by atoms with E-state index in [9.17, 15) is 9.59 Å². The second-order valence-electron chi connectivity index (χ2n) is 4.92. The van der Waals surface area contributed by atoms with E-state index in [0.717, 1.165) is 4.90 Å². The molecule has 0 aliphatic heterocycles. The highest BCUT2D eigenvalue weighted by atomic mass is 16.5. The molecule has 0 aromatic heterocycles. The molecule has 0 spiro atoms. The van der Waals surface area contributed by atoms with Crippen LogP contribution in [0.4, 0.5) is 5.69 Å². The normalized spacial score (nSPS) is 13.1. The highest BCUT2D eigenvalue weighted by Crippen LogP contribution is 2.16. The minimum Gasteiger partial charge on any atom is -0.497 e. The lowest BCUT2D eigenvalue weighted by Gasteiger charge is -2.20. The molecule has 0 saturated heterocycles. The van der Waals surface area contributed by atoms with E-state index in [1.54, 1.807) is 26.2 Å². The first kappa shape index (κ1) is 17.0. The van der Waals surface area contributed by atoms with E-state index in [-0.39, 0.29) is 24.4 Å². The average molecular weight is 294 g/mol. The molecule has 0 bridgehead atoms. The molecule has 6 nitrogen and oxygen atoms in total. The quantitative estimate of drug-likeness (QED) is 0.645. The van der Waals surface area contributed by atoms with Crippen molar-refractivity contribution < 1.29 is 19.2 Å². The van der Waals surface area contributed by atoms with Crippen LogP contribution in [0.3, 0.4) is 0 Å². The van der Waals surface area contributed by atoms with Gasteiger partial charge < -0.3 is 20.3 Å². The van der Waals surface area contributed by atoms with Gasteiger partial charge in [-0.05, 0) is 26.0 Å². The molecule has 2 amide bonds. The molecule has 0 aliphatic rings. The molecule has 0 aliphatic carbocycles. The summed E-state index contributed by atoms with van der Waals surface area (Å²) in [6.07, 6.45) is 0. The van der Waals surface area contributed by atoms with Crippen molar-refractivity contribution in [2.75, 3.05) is 32.6 Å². The van der Waals surface area contributed by atoms with Crippen LogP contribution < -0.4 is 20.3 Å². The van der Waals surface area contributed by atoms with Gasteiger partial charge in [-0.15, -0.1) is 0 Å². The number of hydrogen-bond donors (Lipinski definition) is 3. The van der Waals surface area contributed by atoms with Crippen molar-refractivity contribution in [3.63, 3.8) is 0 Å². The maximum Gasteiger partial charge on any atom is 0.279 e. The van der Waals surface area contributed by atoms with Crippen molar-refractivity contribution >= 4 is 17.5 Å². The van der Waals surface area contributed by atoms with Gasteiger partial charge in [0.2, 0.25) is 0 Å². The van der Waals surface area contributed by atoms with E-state index >= 15 is 0 Å². The first-order valence-electron chi connectivity index (χ1n) is 7.01. The molecule has 1 aromatic rings. The molecule has 6 heteroatoms. The Kier molecular flexibility index (Phi) is 6.68. The summed E-state index contributed by atoms with van der Waals surface area (Å²) in [4.78, 5) is 24.6. The number of methoxy groups -OCH3 is 1. The van der Waals surface area contributed by atoms with Gasteiger partial charge in [-0.3, -0.25) is 9.59 Å². The van der Waals surface area contributed by atoms with Gasteiger partial charge in [0.05, 0.1) is 14.2 Å². The third-order valence-corrected chi connectivity index (χ3v) is 3.28. The third-order valence-electron chi connectivity index (χ3n) is 3.28. The van der Waals surface area contributed by atoms with Crippen LogP contribution in [0, 0.1) is 0 Å². The molecule has 116 valence electrons. The number of quaternary nitrogens is 1. The summed E-state index contributed by atoms with van der Waals surface area (Å²) in [5, 5.41) is 5.56. The van der Waals surface area contributed by atoms with Crippen LogP contribution in [-0.2, 0) is 9.59 Å². The van der Waals surface area contributed by atoms with E-state index in [0.29, 0.717) is 18.0 Å². The van der Waals surface area contributed by atoms with Crippen molar-refractivity contribution in [2.45, 2.75) is 19.9 Å². The van der Waals surface area contributed by atoms with Crippen molar-refractivity contribution in [2.24, 2.45) is 0 Å². The number of nitrogens with one attached hydrogen (secondary N) is 3. The minimum atomic E-state index is -0.277. The van der Waals surface area contributed by atoms with Crippen LogP contribution in [0.15, 0.2) is 24.3 Å². The summed E-state index contributed by atoms with van der Waals surface area (Å²) in [6, 6.07) is 6.89. The molecule has 1 aromatic carbocycles. The number of carbonyl (C=O) groups excluding carboxylic acids is 2. The highest BCUT2D eigenvalue weighted by Gasteiger charge is 2.23. The highest BCUT2D eigenvalue weighted by molar-refractivity contribution is 5.91. The molecule has 2 atom stereocenters. The first-order chi connectivity index (χ1) is 9.97. The topological polar surface area (TPSA) is 71.9 Å². The van der Waals surface area contributed by atoms with Gasteiger partial charge in [-0.25, -0.2) is 0 Å². The van der Waals surface area contributed by atoms with Crippen molar-refractivity contribution in [3.05, 3.63) is 24.3 Å². The predicted molar refractivity (Wildman–Crippen MR) is 81.5 cm³/mol. The summed E-state index contributed by atoms with van der Waals surface area (Å²) in [5.41, 5.74) is 0.679. The van der Waals surface area contributed by atoms with Gasteiger partial charge >= 0.3 is 0 Å². The molecular weight excluding hydrogens is 270 g/mol. The van der Waals surface area contributed by atoms with Gasteiger partial charge in [-0.1, -0.05) is 6.07 Å². The Hall–Kier alpha value is -2.08. The van der Waals surface area contributed by atoms with Gasteiger partial charge in [0, 0.05) is 18.3 Å². The summed E-state index contributed by atoms with van der Waals surface area (Å²) in [7, 11) is 3.40. The van der Waals surface area contributed by atoms with Gasteiger partial charge in [-0.2, -0.15) is 0 Å². The van der Waals surface area contributed by atoms with Crippen molar-refractivity contribution in [3.8, 4) is 5.75 Å². The lowest BCUT2D eigenvalue weighted by molar-refractivity contribution is -0.885. The predicted octanol–water partition coefficient (Wildman–Crippen LogP) is -0.327. The van der Waals surface area contributed by atoms with Crippen LogP contribution >= 0.6 is 0 Å². The molecule has 21 heavy (non-hydrogen) atoms. The summed E-state index contributed by atoms with van der Waals surface area (Å²) < 4.78 is 5.10. The van der Waals surface area contributed by atoms with Crippen molar-refractivity contribution in [1.82, 2.24) is 5.32 Å². The number of likely N-dealkylation sites (N-methyl/N-ethyl adjacent to an activating group) is 2. The smallest absolute Gasteiger partial charge is 0.279 e. The standard InChI is InChI=1S/C15H23N3O3/c1-5-16-15(20)11(2)18(3)10-14(19)17-12-7-6-8-13(9-12)21-4/h6-9,11H,5,10H2,1-4H3,(H,16,20)(H,17,19)/p+1/t11-/m1/s1. The second kappa shape index (κ2) is 8.26. The molecule has 0 radical (unpaired) electrons. The lowest BCUT2D eigenvalue weighted by Crippen LogP contribution is -3.15. The molecule has 0 saturated carbocycles. The Labute approximate surface area is 125 Å². The van der Waals surface area contributed by atoms with Crippen LogP contribution in [-0.4, -0.2) is 45.1 Å². The number of anilines is 1. The van der Waals surface area contributed by atoms with Crippen LogP contribution in [0.1, 0.15) is 13.8 Å². The maximum absolute atomic E-state index is 12.0. The Morgan fingerprint density at radius 3 is 2.71 bits per heavy atom. The van der Waals surface area contributed by atoms with Crippen LogP contribution in [0.25, 0.3) is 0 Å². The van der Waals surface area contributed by atoms with E-state index < -0.39 is 0 Å². The zero-order valence-corrected chi connectivity index (χ0v) is 13.0. The largest absolute Gasteiger partial charge is 0.497 e. The molecule has 1 rings (SSSR count). The van der Waals surface area contributed by atoms with Crippen molar-refractivity contribution in [1.29, 1.82) is 0 Å². The van der Waals surface area contributed by atoms with Crippen LogP contribution in [0.2, 0.25) is 0 Å². The summed E-state index contributed by atoms with van der Waals surface area (Å²) in [6.45, 7) is 4.48. The molecule has 0 fully saturated rings. The summed E-state index contributed by atoms with van der Waals surface area (Å²) in [5.74, 6) is 0.491. The fourth-order valence-electron chi connectivity index (χ4n) is 1.86. The fraction of sp³-hybridized carbons (Fsp3) is 0.467. The molecule has 3 N–H and O–H groups in total. The fourth-order valence-corrected chi connectivity index (χ4v) is 1.86. The number of benzene rings is 1. The lowest BCUT2D eigenvalue weighted by atomic mass is 10.2. The Balaban J connectivity index is 2.54. The first-order valence-corrected chi connectivity index (χ1v) is 7.01. The number of carbonyl (C=O) groups is 2. The average Bonchev–Trinajstić information content (AvgIpc) is 2.46. The van der Waals surface area contributed by atoms with E-state index in [1.165, 1.54) is 0 Å². The monoisotopic (exact) mass is 294 g/mol. The molecule has 0 heterocycles. The SMILES string of the molecule is CCNC(=O)[C@@H](C)[NH+](C)CC(=O)Nc1cccc(OC)c1.